The first kappa shape index (κ1) is 16.6. The minimum absolute atomic E-state index is 0.218. The van der Waals surface area contributed by atoms with E-state index >= 15 is 0 Å². The van der Waals surface area contributed by atoms with Gasteiger partial charge in [0.15, 0.2) is 6.61 Å². The van der Waals surface area contributed by atoms with Crippen molar-refractivity contribution >= 4 is 17.3 Å². The van der Waals surface area contributed by atoms with Crippen LogP contribution in [-0.4, -0.2) is 19.2 Å². The second-order valence-corrected chi connectivity index (χ2v) is 4.79. The van der Waals surface area contributed by atoms with Gasteiger partial charge in [-0.15, -0.1) is 0 Å². The number of halogens is 1. The van der Waals surface area contributed by atoms with Crippen molar-refractivity contribution in [2.24, 2.45) is 0 Å². The molecule has 0 fully saturated rings. The van der Waals surface area contributed by atoms with Crippen molar-refractivity contribution in [3.63, 3.8) is 0 Å². The van der Waals surface area contributed by atoms with Crippen LogP contribution in [0.1, 0.15) is 12.5 Å². The molecule has 0 aliphatic heterocycles. The van der Waals surface area contributed by atoms with Crippen molar-refractivity contribution in [2.45, 2.75) is 13.5 Å². The van der Waals surface area contributed by atoms with Gasteiger partial charge in [0.2, 0.25) is 0 Å². The molecule has 0 amide bonds. The molecule has 23 heavy (non-hydrogen) atoms. The number of para-hydroxylation sites is 1. The third kappa shape index (κ3) is 4.88. The number of esters is 1. The lowest BCUT2D eigenvalue weighted by molar-refractivity contribution is -0.145. The number of carbonyl (C=O) groups excluding carboxylic acids is 1. The fourth-order valence-corrected chi connectivity index (χ4v) is 1.96. The highest BCUT2D eigenvalue weighted by Gasteiger charge is 2.08. The van der Waals surface area contributed by atoms with Gasteiger partial charge in [-0.2, -0.15) is 0 Å². The lowest BCUT2D eigenvalue weighted by Gasteiger charge is -2.12. The van der Waals surface area contributed by atoms with Gasteiger partial charge in [-0.3, -0.25) is 0 Å². The summed E-state index contributed by atoms with van der Waals surface area (Å²) in [5, 5.41) is 2.97. The van der Waals surface area contributed by atoms with E-state index in [0.29, 0.717) is 18.0 Å². The average Bonchev–Trinajstić information content (AvgIpc) is 2.54. The number of ether oxygens (including phenoxy) is 2. The van der Waals surface area contributed by atoms with Crippen LogP contribution in [0, 0.1) is 5.82 Å². The molecule has 0 unspecified atom stereocenters. The summed E-state index contributed by atoms with van der Waals surface area (Å²) in [6, 6.07) is 11.6. The van der Waals surface area contributed by atoms with E-state index in [1.54, 1.807) is 13.0 Å². The normalized spacial score (nSPS) is 10.2. The summed E-state index contributed by atoms with van der Waals surface area (Å²) in [7, 11) is 0. The number of nitrogens with two attached hydrogens (primary N) is 1. The van der Waals surface area contributed by atoms with E-state index < -0.39 is 11.8 Å². The number of anilines is 2. The summed E-state index contributed by atoms with van der Waals surface area (Å²) in [6.07, 6.45) is 0. The molecular formula is C17H19FN2O3. The summed E-state index contributed by atoms with van der Waals surface area (Å²) in [6.45, 7) is 2.17. The fraction of sp³-hybridized carbons (Fsp3) is 0.235. The molecule has 6 heteroatoms. The summed E-state index contributed by atoms with van der Waals surface area (Å²) in [4.78, 5) is 11.3. The predicted molar refractivity (Wildman–Crippen MR) is 86.7 cm³/mol. The number of hydrogen-bond acceptors (Lipinski definition) is 5. The molecule has 122 valence electrons. The highest BCUT2D eigenvalue weighted by Crippen LogP contribution is 2.23. The topological polar surface area (TPSA) is 73.6 Å². The summed E-state index contributed by atoms with van der Waals surface area (Å²) < 4.78 is 23.9. The number of nitrogens with one attached hydrogen (secondary N) is 1. The molecule has 3 N–H and O–H groups in total. The molecule has 2 aromatic carbocycles. The van der Waals surface area contributed by atoms with Crippen LogP contribution in [0.2, 0.25) is 0 Å². The largest absolute Gasteiger partial charge is 0.482 e. The van der Waals surface area contributed by atoms with Gasteiger partial charge in [0.1, 0.15) is 11.6 Å². The van der Waals surface area contributed by atoms with Crippen LogP contribution in [0.3, 0.4) is 0 Å². The molecule has 0 atom stereocenters. The Kier molecular flexibility index (Phi) is 5.80. The molecule has 0 spiro atoms. The molecule has 5 nitrogen and oxygen atoms in total. The standard InChI is InChI=1S/C17H19FN2O3/c1-2-22-17(21)11-23-13-7-8-14(18)16(9-13)20-10-12-5-3-4-6-15(12)19/h3-9,20H,2,10-11,19H2,1H3. The van der Waals surface area contributed by atoms with Gasteiger partial charge in [-0.1, -0.05) is 18.2 Å². The van der Waals surface area contributed by atoms with Crippen molar-refractivity contribution < 1.29 is 18.7 Å². The van der Waals surface area contributed by atoms with Gasteiger partial charge in [0.25, 0.3) is 0 Å². The molecule has 0 aliphatic rings. The molecule has 0 saturated carbocycles. The van der Waals surface area contributed by atoms with E-state index in [1.165, 1.54) is 18.2 Å². The van der Waals surface area contributed by atoms with Gasteiger partial charge in [0, 0.05) is 18.3 Å². The highest BCUT2D eigenvalue weighted by molar-refractivity contribution is 5.71. The Hall–Kier alpha value is -2.76. The minimum Gasteiger partial charge on any atom is -0.482 e. The monoisotopic (exact) mass is 318 g/mol. The first-order valence-electron chi connectivity index (χ1n) is 7.25. The zero-order valence-corrected chi connectivity index (χ0v) is 12.8. The second-order valence-electron chi connectivity index (χ2n) is 4.79. The lowest BCUT2D eigenvalue weighted by Crippen LogP contribution is -2.14. The first-order valence-corrected chi connectivity index (χ1v) is 7.25. The number of nitrogen functional groups attached to an aromatic ring is 1. The molecule has 2 rings (SSSR count). The van der Waals surface area contributed by atoms with Crippen LogP contribution in [0.5, 0.6) is 5.75 Å². The maximum absolute atomic E-state index is 13.9. The minimum atomic E-state index is -0.469. The lowest BCUT2D eigenvalue weighted by atomic mass is 10.2. The molecule has 0 saturated heterocycles. The van der Waals surface area contributed by atoms with Crippen LogP contribution < -0.4 is 15.8 Å². The SMILES string of the molecule is CCOC(=O)COc1ccc(F)c(NCc2ccccc2N)c1. The Morgan fingerprint density at radius 3 is 2.78 bits per heavy atom. The molecule has 0 bridgehead atoms. The van der Waals surface area contributed by atoms with E-state index in [9.17, 15) is 9.18 Å². The van der Waals surface area contributed by atoms with Crippen LogP contribution in [0.15, 0.2) is 42.5 Å². The van der Waals surface area contributed by atoms with Crippen molar-refractivity contribution in [2.75, 3.05) is 24.3 Å². The smallest absolute Gasteiger partial charge is 0.344 e. The molecule has 0 aromatic heterocycles. The Morgan fingerprint density at radius 1 is 1.26 bits per heavy atom. The van der Waals surface area contributed by atoms with E-state index in [4.69, 9.17) is 15.2 Å². The van der Waals surface area contributed by atoms with Crippen molar-refractivity contribution in [1.82, 2.24) is 0 Å². The Bertz CT molecular complexity index is 677. The van der Waals surface area contributed by atoms with E-state index in [-0.39, 0.29) is 18.9 Å². The zero-order chi connectivity index (χ0) is 16.7. The van der Waals surface area contributed by atoms with Crippen molar-refractivity contribution in [3.05, 3.63) is 53.8 Å². The third-order valence-electron chi connectivity index (χ3n) is 3.12. The van der Waals surface area contributed by atoms with E-state index in [2.05, 4.69) is 5.32 Å². The van der Waals surface area contributed by atoms with Crippen molar-refractivity contribution in [3.8, 4) is 5.75 Å². The Morgan fingerprint density at radius 2 is 2.04 bits per heavy atom. The Labute approximate surface area is 134 Å². The molecule has 0 aliphatic carbocycles. The van der Waals surface area contributed by atoms with Gasteiger partial charge in [-0.05, 0) is 30.7 Å². The summed E-state index contributed by atoms with van der Waals surface area (Å²) in [5.41, 5.74) is 7.62. The number of hydrogen-bond donors (Lipinski definition) is 2. The maximum atomic E-state index is 13.9. The van der Waals surface area contributed by atoms with Crippen LogP contribution in [0.4, 0.5) is 15.8 Å². The van der Waals surface area contributed by atoms with Crippen molar-refractivity contribution in [1.29, 1.82) is 0 Å². The molecule has 0 radical (unpaired) electrons. The number of rotatable bonds is 7. The molecular weight excluding hydrogens is 299 g/mol. The molecule has 2 aromatic rings. The van der Waals surface area contributed by atoms with Crippen LogP contribution in [-0.2, 0) is 16.1 Å². The summed E-state index contributed by atoms with van der Waals surface area (Å²) >= 11 is 0. The van der Waals surface area contributed by atoms with Crippen LogP contribution >= 0.6 is 0 Å². The third-order valence-corrected chi connectivity index (χ3v) is 3.12. The second kappa shape index (κ2) is 8.03. The van der Waals surface area contributed by atoms with Gasteiger partial charge in [0.05, 0.1) is 12.3 Å². The Balaban J connectivity index is 2.00. The van der Waals surface area contributed by atoms with E-state index in [1.807, 2.05) is 18.2 Å². The zero-order valence-electron chi connectivity index (χ0n) is 12.8. The summed E-state index contributed by atoms with van der Waals surface area (Å²) in [5.74, 6) is -0.505. The van der Waals surface area contributed by atoms with Gasteiger partial charge in [-0.25, -0.2) is 9.18 Å². The molecule has 0 heterocycles. The average molecular weight is 318 g/mol. The van der Waals surface area contributed by atoms with Crippen LogP contribution in [0.25, 0.3) is 0 Å². The first-order chi connectivity index (χ1) is 11.1. The predicted octanol–water partition coefficient (Wildman–Crippen LogP) is 2.96. The highest BCUT2D eigenvalue weighted by atomic mass is 19.1. The fourth-order valence-electron chi connectivity index (χ4n) is 1.96. The quantitative estimate of drug-likeness (QED) is 0.606. The maximum Gasteiger partial charge on any atom is 0.344 e. The van der Waals surface area contributed by atoms with E-state index in [0.717, 1.165) is 5.56 Å². The van der Waals surface area contributed by atoms with Gasteiger partial charge < -0.3 is 20.5 Å². The van der Waals surface area contributed by atoms with Gasteiger partial charge >= 0.3 is 5.97 Å². The number of carbonyl (C=O) groups is 1. The number of benzene rings is 2.